The molecule has 12 nitrogen and oxygen atoms in total. The molecule has 3 unspecified atom stereocenters. The zero-order chi connectivity index (χ0) is 59.8. The standard InChI is InChI=1S/3C17H13F6N3O/c3*1-3-13-24-25-16-14(17(21,22)23)10(4-5-26(13)16)8(2)27-15-11(19)6-9(18)7-12(15)20/h3*4-8H,3H2,1-2H3. The van der Waals surface area contributed by atoms with Crippen LogP contribution in [0.3, 0.4) is 0 Å². The average molecular weight is 1170 g/mol. The lowest BCUT2D eigenvalue weighted by Gasteiger charge is -2.21. The first-order chi connectivity index (χ1) is 37.9. The van der Waals surface area contributed by atoms with Gasteiger partial charge in [-0.15, -0.1) is 30.6 Å². The highest BCUT2D eigenvalue weighted by atomic mass is 19.4. The summed E-state index contributed by atoms with van der Waals surface area (Å²) in [5, 5.41) is 21.9. The van der Waals surface area contributed by atoms with Crippen LogP contribution in [0.2, 0.25) is 0 Å². The molecule has 0 saturated heterocycles. The number of fused-ring (bicyclic) bond motifs is 3. The molecule has 0 N–H and O–H groups in total. The minimum Gasteiger partial charge on any atom is -0.480 e. The Morgan fingerprint density at radius 3 is 0.765 bits per heavy atom. The molecule has 0 saturated carbocycles. The summed E-state index contributed by atoms with van der Waals surface area (Å²) in [6, 6.07) is 5.66. The van der Waals surface area contributed by atoms with Crippen molar-refractivity contribution in [2.75, 3.05) is 0 Å². The molecule has 81 heavy (non-hydrogen) atoms. The van der Waals surface area contributed by atoms with Crippen molar-refractivity contribution in [3.8, 4) is 17.2 Å². The van der Waals surface area contributed by atoms with E-state index in [1.165, 1.54) is 52.6 Å². The average Bonchev–Trinajstić information content (AvgIpc) is 4.17. The summed E-state index contributed by atoms with van der Waals surface area (Å²) < 4.78 is 263. The van der Waals surface area contributed by atoms with Gasteiger partial charge in [0.25, 0.3) is 0 Å². The number of hydrogen-bond donors (Lipinski definition) is 0. The van der Waals surface area contributed by atoms with Gasteiger partial charge in [0, 0.05) is 90.9 Å². The van der Waals surface area contributed by atoms with Gasteiger partial charge in [-0.2, -0.15) is 39.5 Å². The van der Waals surface area contributed by atoms with Gasteiger partial charge in [-0.3, -0.25) is 13.2 Å². The number of aryl methyl sites for hydroxylation is 3. The predicted octanol–water partition coefficient (Wildman–Crippen LogP) is 14.6. The quantitative estimate of drug-likeness (QED) is 0.110. The van der Waals surface area contributed by atoms with Gasteiger partial charge in [0.2, 0.25) is 0 Å². The van der Waals surface area contributed by atoms with Gasteiger partial charge >= 0.3 is 18.5 Å². The number of rotatable bonds is 12. The lowest BCUT2D eigenvalue weighted by Crippen LogP contribution is -2.17. The monoisotopic (exact) mass is 1170 g/mol. The molecular weight excluding hydrogens is 1130 g/mol. The molecule has 3 atom stereocenters. The molecule has 9 aromatic rings. The Balaban J connectivity index is 0.000000175. The second-order valence-corrected chi connectivity index (χ2v) is 17.3. The zero-order valence-electron chi connectivity index (χ0n) is 42.3. The van der Waals surface area contributed by atoms with E-state index in [1.807, 2.05) is 0 Å². The second-order valence-electron chi connectivity index (χ2n) is 17.3. The molecule has 0 spiro atoms. The van der Waals surface area contributed by atoms with Crippen LogP contribution in [0.15, 0.2) is 73.2 Å². The van der Waals surface area contributed by atoms with Crippen molar-refractivity contribution in [2.24, 2.45) is 0 Å². The second kappa shape index (κ2) is 23.4. The molecule has 0 aliphatic rings. The molecule has 0 radical (unpaired) electrons. The normalized spacial score (nSPS) is 13.2. The van der Waals surface area contributed by atoms with Gasteiger partial charge in [-0.05, 0) is 39.0 Å². The van der Waals surface area contributed by atoms with Crippen LogP contribution < -0.4 is 14.2 Å². The van der Waals surface area contributed by atoms with E-state index >= 15 is 0 Å². The number of alkyl halides is 9. The number of nitrogens with zero attached hydrogens (tertiary/aromatic N) is 9. The Hall–Kier alpha value is -8.34. The molecule has 3 aromatic carbocycles. The van der Waals surface area contributed by atoms with Crippen LogP contribution in [0, 0.1) is 52.4 Å². The van der Waals surface area contributed by atoms with Crippen molar-refractivity contribution in [1.29, 1.82) is 0 Å². The van der Waals surface area contributed by atoms with Crippen LogP contribution in [-0.4, -0.2) is 43.8 Å². The minimum atomic E-state index is -4.81. The lowest BCUT2D eigenvalue weighted by atomic mass is 10.0. The van der Waals surface area contributed by atoms with E-state index in [-0.39, 0.29) is 16.7 Å². The summed E-state index contributed by atoms with van der Waals surface area (Å²) in [5.74, 6) is -13.6. The third-order valence-corrected chi connectivity index (χ3v) is 11.9. The van der Waals surface area contributed by atoms with Crippen molar-refractivity contribution in [2.45, 2.75) is 97.6 Å². The number of hydrogen-bond acceptors (Lipinski definition) is 9. The van der Waals surface area contributed by atoms with Gasteiger partial charge in [0.15, 0.2) is 69.1 Å². The highest BCUT2D eigenvalue weighted by Gasteiger charge is 2.42. The van der Waals surface area contributed by atoms with Gasteiger partial charge in [-0.25, -0.2) is 39.5 Å². The summed E-state index contributed by atoms with van der Waals surface area (Å²) in [6.07, 6.45) is -13.6. The molecule has 0 fully saturated rings. The third kappa shape index (κ3) is 12.7. The smallest absolute Gasteiger partial charge is 0.420 e. The van der Waals surface area contributed by atoms with Gasteiger partial charge in [0.05, 0.1) is 0 Å². The van der Waals surface area contributed by atoms with Crippen molar-refractivity contribution in [3.05, 3.63) is 176 Å². The Labute approximate surface area is 444 Å². The first kappa shape index (κ1) is 60.3. The molecule has 30 heteroatoms. The summed E-state index contributed by atoms with van der Waals surface area (Å²) in [5.41, 5.74) is -5.81. The molecule has 0 aliphatic carbocycles. The molecule has 6 heterocycles. The van der Waals surface area contributed by atoms with Crippen LogP contribution in [0.5, 0.6) is 17.2 Å². The van der Waals surface area contributed by atoms with Crippen molar-refractivity contribution in [3.63, 3.8) is 0 Å². The van der Waals surface area contributed by atoms with Gasteiger partial charge < -0.3 is 14.2 Å². The van der Waals surface area contributed by atoms with Crippen LogP contribution >= 0.6 is 0 Å². The maximum Gasteiger partial charge on any atom is 0.420 e. The highest BCUT2D eigenvalue weighted by molar-refractivity contribution is 5.57. The largest absolute Gasteiger partial charge is 0.480 e. The number of pyridine rings is 3. The highest BCUT2D eigenvalue weighted by Crippen LogP contribution is 2.43. The van der Waals surface area contributed by atoms with Gasteiger partial charge in [0.1, 0.15) is 69.9 Å². The fourth-order valence-corrected chi connectivity index (χ4v) is 8.31. The van der Waals surface area contributed by atoms with Crippen LogP contribution in [0.4, 0.5) is 79.0 Å². The summed E-state index contributed by atoms with van der Waals surface area (Å²) in [6.45, 7) is 8.72. The fourth-order valence-electron chi connectivity index (χ4n) is 8.31. The van der Waals surface area contributed by atoms with E-state index in [0.29, 0.717) is 73.1 Å². The van der Waals surface area contributed by atoms with Crippen molar-refractivity contribution < 1.29 is 93.2 Å². The number of aromatic nitrogens is 9. The molecule has 6 aromatic heterocycles. The maximum atomic E-state index is 13.8. The predicted molar refractivity (Wildman–Crippen MR) is 248 cm³/mol. The summed E-state index contributed by atoms with van der Waals surface area (Å²) in [4.78, 5) is 0. The van der Waals surface area contributed by atoms with E-state index in [2.05, 4.69) is 30.6 Å². The minimum absolute atomic E-state index is 0.325. The molecule has 0 aliphatic heterocycles. The van der Waals surface area contributed by atoms with E-state index < -0.39 is 140 Å². The fraction of sp³-hybridized carbons (Fsp3) is 0.294. The first-order valence-electron chi connectivity index (χ1n) is 23.6. The Morgan fingerprint density at radius 2 is 0.580 bits per heavy atom. The van der Waals surface area contributed by atoms with Crippen LogP contribution in [0.1, 0.15) is 111 Å². The molecule has 0 bridgehead atoms. The Bertz CT molecular complexity index is 3310. The van der Waals surface area contributed by atoms with Crippen LogP contribution in [0.25, 0.3) is 16.9 Å². The van der Waals surface area contributed by atoms with E-state index in [9.17, 15) is 79.0 Å². The molecule has 0 amide bonds. The van der Waals surface area contributed by atoms with Crippen molar-refractivity contribution in [1.82, 2.24) is 43.8 Å². The molecule has 432 valence electrons. The summed E-state index contributed by atoms with van der Waals surface area (Å²) in [7, 11) is 0. The Kier molecular flexibility index (Phi) is 17.4. The van der Waals surface area contributed by atoms with E-state index in [1.54, 1.807) is 20.8 Å². The first-order valence-corrected chi connectivity index (χ1v) is 23.6. The zero-order valence-corrected chi connectivity index (χ0v) is 42.3. The van der Waals surface area contributed by atoms with E-state index in [0.717, 1.165) is 18.2 Å². The SMILES string of the molecule is CCc1nnc2c(C(F)(F)F)c(C(C)Oc3c(F)cc(F)cc3F)ccn12.CCc1nnc2c(C(F)(F)F)c(C(C)Oc3c(F)cc(F)cc3F)ccn12.CCc1nnc2c(C(F)(F)F)c(C(C)Oc3c(F)cc(F)cc3F)ccn12. The van der Waals surface area contributed by atoms with Crippen LogP contribution in [-0.2, 0) is 37.8 Å². The number of halogens is 18. The van der Waals surface area contributed by atoms with E-state index in [4.69, 9.17) is 14.2 Å². The molecule has 9 rings (SSSR count). The maximum absolute atomic E-state index is 13.8. The lowest BCUT2D eigenvalue weighted by molar-refractivity contribution is -0.138. The number of ether oxygens (including phenoxy) is 3. The van der Waals surface area contributed by atoms with Gasteiger partial charge in [-0.1, -0.05) is 20.8 Å². The van der Waals surface area contributed by atoms with Crippen molar-refractivity contribution >= 4 is 16.9 Å². The summed E-state index contributed by atoms with van der Waals surface area (Å²) >= 11 is 0. The third-order valence-electron chi connectivity index (χ3n) is 11.9. The topological polar surface area (TPSA) is 118 Å². The Morgan fingerprint density at radius 1 is 0.370 bits per heavy atom. The molecular formula is C51H39F18N9O3. The number of benzene rings is 3.